The summed E-state index contributed by atoms with van der Waals surface area (Å²) in [5.74, 6) is -1.35. The minimum absolute atomic E-state index is 0. The number of phosphoric acid groups is 1. The van der Waals surface area contributed by atoms with Gasteiger partial charge in [-0.05, 0) is 5.56 Å². The molecule has 3 N–H and O–H groups in total. The van der Waals surface area contributed by atoms with E-state index in [-0.39, 0.29) is 30.1 Å². The Hall–Kier alpha value is -3.04. The number of aromatic amines is 1. The summed E-state index contributed by atoms with van der Waals surface area (Å²) in [7, 11) is -4.62. The van der Waals surface area contributed by atoms with Gasteiger partial charge in [0.15, 0.2) is 22.5 Å². The zero-order valence-electron chi connectivity index (χ0n) is 19.1. The average molecular weight is 535 g/mol. The van der Waals surface area contributed by atoms with Crippen LogP contribution < -0.4 is 10.5 Å². The van der Waals surface area contributed by atoms with Crippen molar-refractivity contribution in [2.75, 3.05) is 12.4 Å². The molecule has 2 saturated heterocycles. The normalized spacial score (nSPS) is 28.1. The number of aliphatic hydroxyl groups excluding tert-OH is 1. The number of fused-ring (bicyclic) bond motifs is 3. The third-order valence-corrected chi connectivity index (χ3v) is 7.75. The van der Waals surface area contributed by atoms with E-state index < -0.39 is 49.6 Å². The molecule has 16 heteroatoms. The number of carbonyl (C=O) groups is 1. The first-order valence-corrected chi connectivity index (χ1v) is 13.1. The van der Waals surface area contributed by atoms with Crippen molar-refractivity contribution in [2.45, 2.75) is 29.7 Å². The number of aliphatic hydroxyl groups is 1. The van der Waals surface area contributed by atoms with Gasteiger partial charge in [0, 0.05) is 6.20 Å². The van der Waals surface area contributed by atoms with E-state index in [0.29, 0.717) is 5.69 Å². The number of hydrogen-bond donors (Lipinski definition) is 3. The predicted octanol–water partition coefficient (Wildman–Crippen LogP) is 0.471. The first kappa shape index (κ1) is 23.4. The number of nitrogens with one attached hydrogen (secondary N) is 1. The van der Waals surface area contributed by atoms with Crippen LogP contribution in [0.1, 0.15) is 7.65 Å². The summed E-state index contributed by atoms with van der Waals surface area (Å²) in [6, 6.07) is 9.27. The molecule has 0 aliphatic carbocycles. The maximum Gasteiger partial charge on any atom is 1.00 e. The summed E-state index contributed by atoms with van der Waals surface area (Å²) in [6.45, 7) is -0.374. The number of rotatable bonds is 5. The van der Waals surface area contributed by atoms with Crippen LogP contribution in [-0.4, -0.2) is 70.8 Å². The van der Waals surface area contributed by atoms with Crippen molar-refractivity contribution in [1.82, 2.24) is 23.9 Å². The van der Waals surface area contributed by atoms with Crippen molar-refractivity contribution in [2.24, 2.45) is 0 Å². The monoisotopic (exact) mass is 535 g/mol. The Morgan fingerprint density at radius 1 is 1.33 bits per heavy atom. The smallest absolute Gasteiger partial charge is 0.756 e. The number of benzene rings is 1. The Morgan fingerprint density at radius 3 is 2.86 bits per heavy atom. The highest BCUT2D eigenvalue weighted by Gasteiger charge is 2.51. The lowest BCUT2D eigenvalue weighted by Gasteiger charge is -2.34. The Bertz CT molecular complexity index is 1610. The second kappa shape index (κ2) is 8.52. The molecule has 0 saturated carbocycles. The van der Waals surface area contributed by atoms with Gasteiger partial charge in [-0.3, -0.25) is 18.7 Å². The standard InChI is InChI=1S/C20H18N5O9PS/c26-12(27)8-36-20-22-13-16(25(20)18-14(28)15-11(33-18)7-32-35(30,31)34-15)23-19-21-10(6-24(19)17(13)29)9-4-2-1-3-5-9/h1-6,11,14-15,18,28H,7-8H2,(H,21,23)(H,26,27)(H,30,31)/t11?,14?,15-,18-/m1/s1. The molecule has 14 nitrogen and oxygen atoms in total. The number of carboxylic acids is 1. The second-order valence-electron chi connectivity index (χ2n) is 8.13. The number of ether oxygens (including phenoxy) is 1. The quantitative estimate of drug-likeness (QED) is 0.237. The third-order valence-electron chi connectivity index (χ3n) is 5.84. The zero-order valence-corrected chi connectivity index (χ0v) is 19.8. The van der Waals surface area contributed by atoms with E-state index in [1.54, 1.807) is 6.20 Å². The van der Waals surface area contributed by atoms with Gasteiger partial charge in [0.1, 0.15) is 18.3 Å². The van der Waals surface area contributed by atoms with Gasteiger partial charge in [-0.15, -0.1) is 0 Å². The molecule has 3 aromatic heterocycles. The Labute approximate surface area is 206 Å². The molecular weight excluding hydrogens is 517 g/mol. The SMILES string of the molecule is O=C(O)CSc1nc2c(=O)n3cc(-c4ccccc4)[nH]c3nc2n1[C@@H]1OC2COP(=O)([O-])O[C@H]2C1O.[H+]. The highest BCUT2D eigenvalue weighted by atomic mass is 32.2. The van der Waals surface area contributed by atoms with E-state index >= 15 is 0 Å². The fourth-order valence-corrected chi connectivity index (χ4v) is 5.96. The van der Waals surface area contributed by atoms with E-state index in [9.17, 15) is 29.3 Å². The molecule has 4 aromatic rings. The van der Waals surface area contributed by atoms with Crippen molar-refractivity contribution >= 4 is 42.5 Å². The van der Waals surface area contributed by atoms with Crippen molar-refractivity contribution in [1.29, 1.82) is 0 Å². The van der Waals surface area contributed by atoms with Gasteiger partial charge >= 0.3 is 7.40 Å². The summed E-state index contributed by atoms with van der Waals surface area (Å²) < 4.78 is 29.8. The summed E-state index contributed by atoms with van der Waals surface area (Å²) in [5, 5.41) is 20.1. The fourth-order valence-electron chi connectivity index (χ4n) is 4.27. The number of aliphatic carboxylic acids is 1. The molecule has 3 unspecified atom stereocenters. The number of hydrogen-bond acceptors (Lipinski definition) is 11. The average Bonchev–Trinajstić information content (AvgIpc) is 3.52. The van der Waals surface area contributed by atoms with Crippen LogP contribution in [0.25, 0.3) is 28.2 Å². The Morgan fingerprint density at radius 2 is 2.11 bits per heavy atom. The lowest BCUT2D eigenvalue weighted by atomic mass is 10.1. The molecule has 2 fully saturated rings. The molecule has 6 rings (SSSR count). The van der Waals surface area contributed by atoms with Crippen LogP contribution in [-0.2, 0) is 23.1 Å². The van der Waals surface area contributed by atoms with Crippen molar-refractivity contribution in [3.63, 3.8) is 0 Å². The van der Waals surface area contributed by atoms with Gasteiger partial charge in [0.05, 0.1) is 18.1 Å². The first-order chi connectivity index (χ1) is 17.2. The van der Waals surface area contributed by atoms with E-state index in [2.05, 4.69) is 19.5 Å². The molecule has 0 spiro atoms. The van der Waals surface area contributed by atoms with Crippen LogP contribution in [0.5, 0.6) is 0 Å². The summed E-state index contributed by atoms with van der Waals surface area (Å²) in [4.78, 5) is 48.3. The van der Waals surface area contributed by atoms with Gasteiger partial charge in [-0.2, -0.15) is 4.98 Å². The topological polar surface area (TPSA) is 193 Å². The molecule has 188 valence electrons. The van der Waals surface area contributed by atoms with Crippen LogP contribution >= 0.6 is 19.6 Å². The van der Waals surface area contributed by atoms with E-state index in [1.807, 2.05) is 30.3 Å². The van der Waals surface area contributed by atoms with Gasteiger partial charge in [-0.1, -0.05) is 42.1 Å². The zero-order chi connectivity index (χ0) is 25.2. The number of H-pyrrole nitrogens is 1. The van der Waals surface area contributed by atoms with Gasteiger partial charge in [0.2, 0.25) is 5.78 Å². The molecule has 2 aliphatic heterocycles. The maximum absolute atomic E-state index is 13.3. The molecule has 5 heterocycles. The number of thioether (sulfide) groups is 1. The molecule has 36 heavy (non-hydrogen) atoms. The lowest BCUT2D eigenvalue weighted by Crippen LogP contribution is -2.41. The largest absolute Gasteiger partial charge is 1.00 e. The van der Waals surface area contributed by atoms with Crippen LogP contribution in [0.15, 0.2) is 46.5 Å². The highest BCUT2D eigenvalue weighted by Crippen LogP contribution is 2.50. The van der Waals surface area contributed by atoms with Crippen LogP contribution in [0.3, 0.4) is 0 Å². The minimum atomic E-state index is -4.62. The number of imidazole rings is 2. The van der Waals surface area contributed by atoms with Crippen molar-refractivity contribution in [3.05, 3.63) is 46.9 Å². The molecule has 5 atom stereocenters. The summed E-state index contributed by atoms with van der Waals surface area (Å²) in [5.41, 5.74) is 0.843. The number of phosphoric ester groups is 1. The first-order valence-electron chi connectivity index (χ1n) is 10.6. The van der Waals surface area contributed by atoms with Gasteiger partial charge in [-0.25, -0.2) is 9.38 Å². The predicted molar refractivity (Wildman–Crippen MR) is 122 cm³/mol. The maximum atomic E-state index is 13.3. The molecule has 0 radical (unpaired) electrons. The van der Waals surface area contributed by atoms with E-state index in [1.165, 1.54) is 8.97 Å². The second-order valence-corrected chi connectivity index (χ2v) is 10.4. The molecule has 2 aliphatic rings. The van der Waals surface area contributed by atoms with E-state index in [4.69, 9.17) is 9.26 Å². The number of carboxylic acid groups (broad SMARTS) is 1. The molecule has 0 amide bonds. The molecule has 0 bridgehead atoms. The Balaban J connectivity index is 0.00000280. The summed E-state index contributed by atoms with van der Waals surface area (Å²) >= 11 is 0.795. The van der Waals surface area contributed by atoms with Crippen LogP contribution in [0, 0.1) is 0 Å². The fraction of sp³-hybridized carbons (Fsp3) is 0.300. The van der Waals surface area contributed by atoms with Crippen molar-refractivity contribution < 1.29 is 39.7 Å². The molecular formula is C20H18N5O9PS. The minimum Gasteiger partial charge on any atom is -0.756 e. The van der Waals surface area contributed by atoms with Gasteiger partial charge < -0.3 is 33.9 Å². The summed E-state index contributed by atoms with van der Waals surface area (Å²) in [6.07, 6.45) is -3.40. The molecule has 1 aromatic carbocycles. The number of aromatic nitrogens is 5. The van der Waals surface area contributed by atoms with Crippen LogP contribution in [0.4, 0.5) is 0 Å². The van der Waals surface area contributed by atoms with Crippen LogP contribution in [0.2, 0.25) is 0 Å². The third kappa shape index (κ3) is 3.85. The van der Waals surface area contributed by atoms with Crippen molar-refractivity contribution in [3.8, 4) is 11.3 Å². The van der Waals surface area contributed by atoms with Gasteiger partial charge in [0.25, 0.3) is 13.4 Å². The number of nitrogens with zero attached hydrogens (tertiary/aromatic N) is 4. The highest BCUT2D eigenvalue weighted by molar-refractivity contribution is 7.99. The lowest BCUT2D eigenvalue weighted by molar-refractivity contribution is -0.245. The Kier molecular flexibility index (Phi) is 5.53. The van der Waals surface area contributed by atoms with E-state index in [0.717, 1.165) is 17.3 Å².